The van der Waals surface area contributed by atoms with Crippen LogP contribution in [0.5, 0.6) is 0 Å². The smallest absolute Gasteiger partial charge is 0.324 e. The van der Waals surface area contributed by atoms with Gasteiger partial charge in [-0.2, -0.15) is 9.78 Å². The molecule has 122 valence electrons. The summed E-state index contributed by atoms with van der Waals surface area (Å²) in [6.07, 6.45) is 6.43. The summed E-state index contributed by atoms with van der Waals surface area (Å²) in [6, 6.07) is 2.99. The topological polar surface area (TPSA) is 104 Å². The van der Waals surface area contributed by atoms with Crippen molar-refractivity contribution < 1.29 is 9.34 Å². The number of hydrogen-bond donors (Lipinski definition) is 0. The molecule has 0 aromatic carbocycles. The zero-order valence-electron chi connectivity index (χ0n) is 12.5. The van der Waals surface area contributed by atoms with Crippen molar-refractivity contribution in [3.05, 3.63) is 55.1 Å². The Morgan fingerprint density at radius 2 is 2.21 bits per heavy atom. The molecule has 3 heterocycles. The molecule has 3 aromatic rings. The second-order valence-electron chi connectivity index (χ2n) is 5.46. The van der Waals surface area contributed by atoms with Gasteiger partial charge in [0.05, 0.1) is 16.0 Å². The van der Waals surface area contributed by atoms with Crippen molar-refractivity contribution in [2.45, 2.75) is 25.7 Å². The van der Waals surface area contributed by atoms with Gasteiger partial charge in [-0.15, -0.1) is 0 Å². The molecule has 0 spiro atoms. The first-order valence-corrected chi connectivity index (χ1v) is 8.25. The van der Waals surface area contributed by atoms with Crippen molar-refractivity contribution in [2.75, 3.05) is 0 Å². The van der Waals surface area contributed by atoms with Crippen LogP contribution in [0.25, 0.3) is 11.1 Å². The fourth-order valence-corrected chi connectivity index (χ4v) is 3.54. The van der Waals surface area contributed by atoms with E-state index in [1.165, 1.54) is 18.6 Å². The predicted octanol–water partition coefficient (Wildman–Crippen LogP) is 2.72. The number of fused-ring (bicyclic) bond motifs is 3. The average Bonchev–Trinajstić information content (AvgIpc) is 3.19. The normalized spacial score (nSPS) is 14.3. The SMILES string of the molecule is O=c1c2c3c(oc2ncn1N=Cc1ccc([N+](=O)[O-])s1)CCCC3. The summed E-state index contributed by atoms with van der Waals surface area (Å²) >= 11 is 0.992. The summed E-state index contributed by atoms with van der Waals surface area (Å²) in [6.45, 7) is 0. The number of rotatable bonds is 3. The second-order valence-corrected chi connectivity index (χ2v) is 6.56. The fourth-order valence-electron chi connectivity index (χ4n) is 2.85. The number of aryl methyl sites for hydroxylation is 2. The molecule has 24 heavy (non-hydrogen) atoms. The Labute approximate surface area is 139 Å². The molecule has 0 unspecified atom stereocenters. The van der Waals surface area contributed by atoms with E-state index in [0.29, 0.717) is 16.0 Å². The maximum Gasteiger partial charge on any atom is 0.324 e. The first kappa shape index (κ1) is 14.8. The number of nitrogens with zero attached hydrogens (tertiary/aromatic N) is 4. The van der Waals surface area contributed by atoms with E-state index in [-0.39, 0.29) is 10.6 Å². The van der Waals surface area contributed by atoms with Gasteiger partial charge in [0.1, 0.15) is 17.5 Å². The lowest BCUT2D eigenvalue weighted by atomic mass is 9.97. The minimum Gasteiger partial charge on any atom is -0.442 e. The van der Waals surface area contributed by atoms with E-state index in [9.17, 15) is 14.9 Å². The van der Waals surface area contributed by atoms with E-state index in [2.05, 4.69) is 10.1 Å². The minimum atomic E-state index is -0.459. The van der Waals surface area contributed by atoms with Crippen LogP contribution in [0.1, 0.15) is 29.0 Å². The zero-order chi connectivity index (χ0) is 16.7. The van der Waals surface area contributed by atoms with Crippen LogP contribution in [-0.2, 0) is 12.8 Å². The first-order valence-electron chi connectivity index (χ1n) is 7.44. The van der Waals surface area contributed by atoms with Crippen LogP contribution < -0.4 is 5.56 Å². The average molecular weight is 344 g/mol. The minimum absolute atomic E-state index is 0.0290. The summed E-state index contributed by atoms with van der Waals surface area (Å²) in [7, 11) is 0. The molecular weight excluding hydrogens is 332 g/mol. The van der Waals surface area contributed by atoms with Crippen molar-refractivity contribution in [1.82, 2.24) is 9.66 Å². The molecule has 0 radical (unpaired) electrons. The first-order chi connectivity index (χ1) is 11.6. The van der Waals surface area contributed by atoms with Gasteiger partial charge in [0.15, 0.2) is 0 Å². The van der Waals surface area contributed by atoms with E-state index in [1.807, 2.05) is 0 Å². The molecule has 1 aliphatic carbocycles. The van der Waals surface area contributed by atoms with Gasteiger partial charge in [-0.05, 0) is 25.3 Å². The van der Waals surface area contributed by atoms with Gasteiger partial charge >= 0.3 is 5.00 Å². The van der Waals surface area contributed by atoms with Crippen molar-refractivity contribution in [3.63, 3.8) is 0 Å². The number of thiophene rings is 1. The molecule has 0 N–H and O–H groups in total. The van der Waals surface area contributed by atoms with Gasteiger partial charge in [-0.3, -0.25) is 14.9 Å². The molecule has 3 aromatic heterocycles. The summed E-state index contributed by atoms with van der Waals surface area (Å²) in [5.41, 5.74) is 1.00. The Bertz CT molecular complexity index is 1030. The van der Waals surface area contributed by atoms with Crippen LogP contribution in [0, 0.1) is 10.1 Å². The molecule has 1 aliphatic rings. The molecule has 0 saturated heterocycles. The molecule has 0 atom stereocenters. The maximum atomic E-state index is 12.6. The lowest BCUT2D eigenvalue weighted by Gasteiger charge is -2.07. The number of nitro groups is 1. The molecule has 0 bridgehead atoms. The summed E-state index contributed by atoms with van der Waals surface area (Å²) < 4.78 is 6.81. The highest BCUT2D eigenvalue weighted by molar-refractivity contribution is 7.16. The molecule has 8 nitrogen and oxygen atoms in total. The van der Waals surface area contributed by atoms with Crippen molar-refractivity contribution >= 4 is 33.7 Å². The fraction of sp³-hybridized carbons (Fsp3) is 0.267. The van der Waals surface area contributed by atoms with Crippen LogP contribution in [-0.4, -0.2) is 20.8 Å². The quantitative estimate of drug-likeness (QED) is 0.413. The lowest BCUT2D eigenvalue weighted by molar-refractivity contribution is -0.380. The Hall–Kier alpha value is -2.81. The standard InChI is InChI=1S/C15H12N4O4S/c20-15-13-10-3-1-2-4-11(10)23-14(13)16-8-18(15)17-7-9-5-6-12(24-9)19(21)22/h5-8H,1-4H2. The highest BCUT2D eigenvalue weighted by Gasteiger charge is 2.21. The maximum absolute atomic E-state index is 12.6. The highest BCUT2D eigenvalue weighted by Crippen LogP contribution is 2.28. The lowest BCUT2D eigenvalue weighted by Crippen LogP contribution is -2.17. The Kier molecular flexibility index (Phi) is 3.49. The Morgan fingerprint density at radius 3 is 3.00 bits per heavy atom. The molecule has 0 fully saturated rings. The van der Waals surface area contributed by atoms with Crippen molar-refractivity contribution in [1.29, 1.82) is 0 Å². The van der Waals surface area contributed by atoms with Gasteiger partial charge in [-0.25, -0.2) is 4.98 Å². The molecule has 4 rings (SSSR count). The van der Waals surface area contributed by atoms with E-state index in [1.54, 1.807) is 6.07 Å². The van der Waals surface area contributed by atoms with Crippen LogP contribution in [0.4, 0.5) is 5.00 Å². The predicted molar refractivity (Wildman–Crippen MR) is 88.9 cm³/mol. The second kappa shape index (κ2) is 5.68. The molecule has 0 saturated carbocycles. The van der Waals surface area contributed by atoms with Gasteiger partial charge < -0.3 is 4.42 Å². The van der Waals surface area contributed by atoms with Crippen molar-refractivity contribution in [2.24, 2.45) is 5.10 Å². The van der Waals surface area contributed by atoms with Gasteiger partial charge in [0.25, 0.3) is 5.56 Å². The third kappa shape index (κ3) is 2.42. The van der Waals surface area contributed by atoms with E-state index in [4.69, 9.17) is 4.42 Å². The largest absolute Gasteiger partial charge is 0.442 e. The highest BCUT2D eigenvalue weighted by atomic mass is 32.1. The van der Waals surface area contributed by atoms with E-state index < -0.39 is 4.92 Å². The summed E-state index contributed by atoms with van der Waals surface area (Å²) in [5.74, 6) is 0.844. The van der Waals surface area contributed by atoms with Crippen LogP contribution in [0.15, 0.2) is 32.8 Å². The number of furan rings is 1. The summed E-state index contributed by atoms with van der Waals surface area (Å²) in [5, 5.41) is 15.3. The molecule has 0 amide bonds. The summed E-state index contributed by atoms with van der Waals surface area (Å²) in [4.78, 5) is 27.6. The Balaban J connectivity index is 1.74. The molecule has 0 aliphatic heterocycles. The molecular formula is C15H12N4O4S. The van der Waals surface area contributed by atoms with E-state index >= 15 is 0 Å². The van der Waals surface area contributed by atoms with Crippen LogP contribution in [0.2, 0.25) is 0 Å². The van der Waals surface area contributed by atoms with Gasteiger partial charge in [-0.1, -0.05) is 11.3 Å². The molecule has 9 heteroatoms. The zero-order valence-corrected chi connectivity index (χ0v) is 13.3. The van der Waals surface area contributed by atoms with E-state index in [0.717, 1.165) is 53.0 Å². The van der Waals surface area contributed by atoms with Crippen LogP contribution >= 0.6 is 11.3 Å². The van der Waals surface area contributed by atoms with Gasteiger partial charge in [0, 0.05) is 18.1 Å². The third-order valence-electron chi connectivity index (χ3n) is 3.96. The number of aromatic nitrogens is 2. The third-order valence-corrected chi connectivity index (χ3v) is 4.93. The van der Waals surface area contributed by atoms with Crippen LogP contribution in [0.3, 0.4) is 0 Å². The number of hydrogen-bond acceptors (Lipinski definition) is 7. The van der Waals surface area contributed by atoms with Gasteiger partial charge in [0.2, 0.25) is 5.71 Å². The Morgan fingerprint density at radius 1 is 1.38 bits per heavy atom. The van der Waals surface area contributed by atoms with Crippen molar-refractivity contribution in [3.8, 4) is 0 Å². The monoisotopic (exact) mass is 344 g/mol.